The van der Waals surface area contributed by atoms with Gasteiger partial charge in [-0.3, -0.25) is 4.90 Å². The molecule has 1 aromatic rings. The van der Waals surface area contributed by atoms with Crippen molar-refractivity contribution in [1.82, 2.24) is 14.9 Å². The van der Waals surface area contributed by atoms with Crippen molar-refractivity contribution in [2.45, 2.75) is 57.5 Å². The van der Waals surface area contributed by atoms with Gasteiger partial charge in [0.05, 0.1) is 6.20 Å². The van der Waals surface area contributed by atoms with Crippen LogP contribution >= 0.6 is 0 Å². The first kappa shape index (κ1) is 15.3. The van der Waals surface area contributed by atoms with Gasteiger partial charge in [0, 0.05) is 31.7 Å². The SMILES string of the molecule is CCC[C@H]1CCC[C@H]2[C@@H]3C[C@@H](CN(c4ncncc4F)C3)CN12. The summed E-state index contributed by atoms with van der Waals surface area (Å²) in [5.74, 6) is 1.54. The molecular weight excluding hydrogens is 291 g/mol. The Labute approximate surface area is 138 Å². The van der Waals surface area contributed by atoms with Crippen LogP contribution in [0.25, 0.3) is 0 Å². The smallest absolute Gasteiger partial charge is 0.183 e. The molecule has 4 heterocycles. The molecule has 0 spiro atoms. The highest BCUT2D eigenvalue weighted by molar-refractivity contribution is 5.39. The fraction of sp³-hybridized carbons (Fsp3) is 0.778. The summed E-state index contributed by atoms with van der Waals surface area (Å²) in [6, 6.07) is 1.48. The lowest BCUT2D eigenvalue weighted by molar-refractivity contribution is -0.0217. The average Bonchev–Trinajstić information content (AvgIpc) is 2.56. The van der Waals surface area contributed by atoms with Crippen LogP contribution in [-0.2, 0) is 0 Å². The second-order valence-electron chi connectivity index (χ2n) is 7.60. The van der Waals surface area contributed by atoms with Crippen molar-refractivity contribution in [2.75, 3.05) is 24.5 Å². The Hall–Kier alpha value is -1.23. The van der Waals surface area contributed by atoms with E-state index in [4.69, 9.17) is 0 Å². The first-order valence-corrected chi connectivity index (χ1v) is 9.22. The van der Waals surface area contributed by atoms with Gasteiger partial charge < -0.3 is 4.90 Å². The van der Waals surface area contributed by atoms with E-state index in [0.717, 1.165) is 19.1 Å². The number of fused-ring (bicyclic) bond motifs is 4. The van der Waals surface area contributed by atoms with Crippen LogP contribution in [0.5, 0.6) is 0 Å². The number of aromatic nitrogens is 2. The van der Waals surface area contributed by atoms with Crippen LogP contribution in [0, 0.1) is 17.7 Å². The Balaban J connectivity index is 1.54. The molecule has 0 aliphatic carbocycles. The van der Waals surface area contributed by atoms with E-state index in [2.05, 4.69) is 26.7 Å². The molecule has 5 heteroatoms. The number of rotatable bonds is 3. The standard InChI is InChI=1S/C18H27FN4/c1-2-4-15-5-3-6-17-14-7-13(10-23(15)17)9-22(11-14)18-16(19)8-20-12-21-18/h8,12-15,17H,2-7,9-11H2,1H3/t13-,14+,15-,17-/m0/s1. The monoisotopic (exact) mass is 318 g/mol. The minimum absolute atomic E-state index is 0.281. The van der Waals surface area contributed by atoms with Crippen molar-refractivity contribution in [3.05, 3.63) is 18.3 Å². The fourth-order valence-corrected chi connectivity index (χ4v) is 5.27. The van der Waals surface area contributed by atoms with Gasteiger partial charge in [-0.05, 0) is 37.5 Å². The number of halogens is 1. The molecule has 0 N–H and O–H groups in total. The highest BCUT2D eigenvalue weighted by atomic mass is 19.1. The second kappa shape index (κ2) is 6.34. The lowest BCUT2D eigenvalue weighted by atomic mass is 9.74. The number of nitrogens with zero attached hydrogens (tertiary/aromatic N) is 4. The molecular formula is C18H27FN4. The summed E-state index contributed by atoms with van der Waals surface area (Å²) >= 11 is 0. The Morgan fingerprint density at radius 1 is 1.26 bits per heavy atom. The molecule has 3 fully saturated rings. The topological polar surface area (TPSA) is 32.3 Å². The first-order chi connectivity index (χ1) is 11.3. The molecule has 4 rings (SSSR count). The fourth-order valence-electron chi connectivity index (χ4n) is 5.27. The maximum absolute atomic E-state index is 14.1. The Morgan fingerprint density at radius 2 is 2.17 bits per heavy atom. The van der Waals surface area contributed by atoms with Crippen LogP contribution < -0.4 is 4.90 Å². The molecule has 0 radical (unpaired) electrons. The third-order valence-corrected chi connectivity index (χ3v) is 6.08. The van der Waals surface area contributed by atoms with Crippen LogP contribution in [0.1, 0.15) is 45.4 Å². The summed E-state index contributed by atoms with van der Waals surface area (Å²) in [5.41, 5.74) is 0. The van der Waals surface area contributed by atoms with Crippen molar-refractivity contribution in [3.8, 4) is 0 Å². The van der Waals surface area contributed by atoms with Gasteiger partial charge in [-0.1, -0.05) is 19.8 Å². The van der Waals surface area contributed by atoms with E-state index in [1.165, 1.54) is 57.6 Å². The highest BCUT2D eigenvalue weighted by Gasteiger charge is 2.44. The zero-order valence-electron chi connectivity index (χ0n) is 14.0. The molecule has 3 saturated heterocycles. The van der Waals surface area contributed by atoms with Crippen molar-refractivity contribution >= 4 is 5.82 Å². The summed E-state index contributed by atoms with van der Waals surface area (Å²) in [5, 5.41) is 0. The van der Waals surface area contributed by atoms with Crippen LogP contribution in [0.15, 0.2) is 12.5 Å². The van der Waals surface area contributed by atoms with E-state index in [-0.39, 0.29) is 5.82 Å². The van der Waals surface area contributed by atoms with Crippen molar-refractivity contribution < 1.29 is 4.39 Å². The Kier molecular flexibility index (Phi) is 4.22. The number of hydrogen-bond acceptors (Lipinski definition) is 4. The maximum atomic E-state index is 14.1. The molecule has 1 aromatic heterocycles. The lowest BCUT2D eigenvalue weighted by Gasteiger charge is -2.55. The van der Waals surface area contributed by atoms with Crippen LogP contribution in [0.2, 0.25) is 0 Å². The van der Waals surface area contributed by atoms with Crippen molar-refractivity contribution in [3.63, 3.8) is 0 Å². The summed E-state index contributed by atoms with van der Waals surface area (Å²) in [4.78, 5) is 13.0. The van der Waals surface area contributed by atoms with Crippen molar-refractivity contribution in [2.24, 2.45) is 11.8 Å². The number of anilines is 1. The predicted octanol–water partition coefficient (Wildman–Crippen LogP) is 3.10. The van der Waals surface area contributed by atoms with E-state index >= 15 is 0 Å². The molecule has 23 heavy (non-hydrogen) atoms. The van der Waals surface area contributed by atoms with Gasteiger partial charge in [0.2, 0.25) is 0 Å². The molecule has 3 aliphatic heterocycles. The minimum atomic E-state index is -0.281. The van der Waals surface area contributed by atoms with Gasteiger partial charge in [0.25, 0.3) is 0 Å². The van der Waals surface area contributed by atoms with Gasteiger partial charge in [0.15, 0.2) is 11.6 Å². The Bertz CT molecular complexity index is 550. The van der Waals surface area contributed by atoms with Gasteiger partial charge in [-0.15, -0.1) is 0 Å². The molecule has 0 amide bonds. The number of piperidine rings is 3. The van der Waals surface area contributed by atoms with Gasteiger partial charge in [0.1, 0.15) is 6.33 Å². The van der Waals surface area contributed by atoms with E-state index in [0.29, 0.717) is 23.7 Å². The van der Waals surface area contributed by atoms with Crippen LogP contribution in [0.3, 0.4) is 0 Å². The van der Waals surface area contributed by atoms with E-state index in [1.54, 1.807) is 0 Å². The second-order valence-corrected chi connectivity index (χ2v) is 7.60. The van der Waals surface area contributed by atoms with E-state index in [9.17, 15) is 4.39 Å². The maximum Gasteiger partial charge on any atom is 0.183 e. The molecule has 4 atom stereocenters. The first-order valence-electron chi connectivity index (χ1n) is 9.22. The number of hydrogen-bond donors (Lipinski definition) is 0. The van der Waals surface area contributed by atoms with E-state index < -0.39 is 0 Å². The largest absolute Gasteiger partial charge is 0.353 e. The average molecular weight is 318 g/mol. The molecule has 0 aromatic carbocycles. The highest BCUT2D eigenvalue weighted by Crippen LogP contribution is 2.41. The predicted molar refractivity (Wildman–Crippen MR) is 88.8 cm³/mol. The van der Waals surface area contributed by atoms with E-state index in [1.807, 2.05) is 0 Å². The molecule has 0 saturated carbocycles. The van der Waals surface area contributed by atoms with Crippen molar-refractivity contribution in [1.29, 1.82) is 0 Å². The molecule has 4 nitrogen and oxygen atoms in total. The molecule has 3 aliphatic rings. The summed E-state index contributed by atoms with van der Waals surface area (Å²) in [7, 11) is 0. The summed E-state index contributed by atoms with van der Waals surface area (Å²) < 4.78 is 14.1. The zero-order valence-corrected chi connectivity index (χ0v) is 14.0. The van der Waals surface area contributed by atoms with Gasteiger partial charge >= 0.3 is 0 Å². The van der Waals surface area contributed by atoms with Crippen LogP contribution in [0.4, 0.5) is 10.2 Å². The van der Waals surface area contributed by atoms with Gasteiger partial charge in [-0.25, -0.2) is 14.4 Å². The Morgan fingerprint density at radius 3 is 3.00 bits per heavy atom. The normalized spacial score (nSPS) is 34.3. The molecule has 0 unspecified atom stereocenters. The molecule has 2 bridgehead atoms. The summed E-state index contributed by atoms with van der Waals surface area (Å²) in [6.07, 6.45) is 10.7. The summed E-state index contributed by atoms with van der Waals surface area (Å²) in [6.45, 7) is 5.37. The zero-order chi connectivity index (χ0) is 15.8. The van der Waals surface area contributed by atoms with Crippen LogP contribution in [-0.4, -0.2) is 46.6 Å². The van der Waals surface area contributed by atoms with Gasteiger partial charge in [-0.2, -0.15) is 0 Å². The lowest BCUT2D eigenvalue weighted by Crippen LogP contribution is -2.61. The minimum Gasteiger partial charge on any atom is -0.353 e. The third kappa shape index (κ3) is 2.84. The third-order valence-electron chi connectivity index (χ3n) is 6.08. The molecule has 126 valence electrons. The quantitative estimate of drug-likeness (QED) is 0.857.